The van der Waals surface area contributed by atoms with Crippen molar-refractivity contribution in [3.8, 4) is 22.9 Å². The van der Waals surface area contributed by atoms with E-state index >= 15 is 0 Å². The standard InChI is InChI=1S/C20H23N5O3S/c1-24(12-14-5-6-16(27-3)17(11-14)28-4)18(26)13-29-20-23-22-19(25(20)2)15-7-9-21-10-8-15/h5-11H,12-13H2,1-4H3. The molecule has 0 spiro atoms. The third-order valence-corrected chi connectivity index (χ3v) is 5.40. The Morgan fingerprint density at radius 2 is 1.83 bits per heavy atom. The summed E-state index contributed by atoms with van der Waals surface area (Å²) in [6.45, 7) is 0.473. The number of rotatable bonds is 8. The molecular formula is C20H23N5O3S. The van der Waals surface area contributed by atoms with E-state index in [0.29, 0.717) is 23.2 Å². The molecule has 0 aliphatic carbocycles. The lowest BCUT2D eigenvalue weighted by atomic mass is 10.2. The van der Waals surface area contributed by atoms with Crippen molar-refractivity contribution >= 4 is 17.7 Å². The molecule has 0 atom stereocenters. The lowest BCUT2D eigenvalue weighted by molar-refractivity contribution is -0.127. The second kappa shape index (κ2) is 9.42. The molecule has 2 heterocycles. The van der Waals surface area contributed by atoms with Crippen LogP contribution in [0.4, 0.5) is 0 Å². The van der Waals surface area contributed by atoms with Gasteiger partial charge in [0.05, 0.1) is 20.0 Å². The number of thioether (sulfide) groups is 1. The fourth-order valence-electron chi connectivity index (χ4n) is 2.77. The number of methoxy groups -OCH3 is 2. The van der Waals surface area contributed by atoms with Crippen molar-refractivity contribution < 1.29 is 14.3 Å². The van der Waals surface area contributed by atoms with E-state index in [1.807, 2.05) is 41.9 Å². The Morgan fingerprint density at radius 3 is 2.52 bits per heavy atom. The van der Waals surface area contributed by atoms with E-state index in [0.717, 1.165) is 17.0 Å². The van der Waals surface area contributed by atoms with Crippen LogP contribution < -0.4 is 9.47 Å². The fraction of sp³-hybridized carbons (Fsp3) is 0.300. The highest BCUT2D eigenvalue weighted by atomic mass is 32.2. The fourth-order valence-corrected chi connectivity index (χ4v) is 3.62. The van der Waals surface area contributed by atoms with Crippen LogP contribution in [0.3, 0.4) is 0 Å². The van der Waals surface area contributed by atoms with E-state index in [1.54, 1.807) is 38.6 Å². The van der Waals surface area contributed by atoms with Gasteiger partial charge in [0, 0.05) is 38.6 Å². The minimum atomic E-state index is -0.00162. The summed E-state index contributed by atoms with van der Waals surface area (Å²) in [4.78, 5) is 18.3. The van der Waals surface area contributed by atoms with Crippen molar-refractivity contribution in [3.63, 3.8) is 0 Å². The molecule has 0 unspecified atom stereocenters. The molecule has 9 heteroatoms. The Bertz CT molecular complexity index is 978. The molecule has 0 aliphatic heterocycles. The number of hydrogen-bond donors (Lipinski definition) is 0. The minimum absolute atomic E-state index is 0.00162. The first-order chi connectivity index (χ1) is 14.0. The van der Waals surface area contributed by atoms with Gasteiger partial charge in [0.2, 0.25) is 5.91 Å². The number of amides is 1. The second-order valence-corrected chi connectivity index (χ2v) is 7.27. The summed E-state index contributed by atoms with van der Waals surface area (Å²) in [5.74, 6) is 2.31. The van der Waals surface area contributed by atoms with Gasteiger partial charge >= 0.3 is 0 Å². The van der Waals surface area contributed by atoms with E-state index < -0.39 is 0 Å². The quantitative estimate of drug-likeness (QED) is 0.525. The van der Waals surface area contributed by atoms with Crippen LogP contribution in [0.2, 0.25) is 0 Å². The van der Waals surface area contributed by atoms with E-state index in [1.165, 1.54) is 11.8 Å². The first kappa shape index (κ1) is 20.7. The normalized spacial score (nSPS) is 10.6. The average molecular weight is 414 g/mol. The van der Waals surface area contributed by atoms with Gasteiger partial charge in [-0.2, -0.15) is 0 Å². The first-order valence-electron chi connectivity index (χ1n) is 8.91. The van der Waals surface area contributed by atoms with Crippen molar-refractivity contribution in [2.45, 2.75) is 11.7 Å². The van der Waals surface area contributed by atoms with Crippen LogP contribution in [0.1, 0.15) is 5.56 Å². The Kier molecular flexibility index (Phi) is 6.71. The number of carbonyl (C=O) groups excluding carboxylic acids is 1. The van der Waals surface area contributed by atoms with Crippen LogP contribution in [0, 0.1) is 0 Å². The predicted molar refractivity (Wildman–Crippen MR) is 111 cm³/mol. The lowest BCUT2D eigenvalue weighted by Gasteiger charge is -2.18. The monoisotopic (exact) mass is 413 g/mol. The van der Waals surface area contributed by atoms with Crippen molar-refractivity contribution in [1.82, 2.24) is 24.6 Å². The summed E-state index contributed by atoms with van der Waals surface area (Å²) >= 11 is 1.36. The average Bonchev–Trinajstić information content (AvgIpc) is 3.12. The van der Waals surface area contributed by atoms with E-state index in [4.69, 9.17) is 9.47 Å². The molecule has 3 aromatic rings. The number of benzene rings is 1. The Labute approximate surface area is 173 Å². The summed E-state index contributed by atoms with van der Waals surface area (Å²) in [6.07, 6.45) is 3.42. The van der Waals surface area contributed by atoms with Gasteiger partial charge in [-0.15, -0.1) is 10.2 Å². The van der Waals surface area contributed by atoms with Crippen LogP contribution in [-0.2, 0) is 18.4 Å². The largest absolute Gasteiger partial charge is 0.493 e. The molecule has 8 nitrogen and oxygen atoms in total. The zero-order chi connectivity index (χ0) is 20.8. The van der Waals surface area contributed by atoms with Crippen molar-refractivity contribution in [2.75, 3.05) is 27.0 Å². The molecule has 0 saturated heterocycles. The van der Waals surface area contributed by atoms with Crippen LogP contribution in [-0.4, -0.2) is 57.6 Å². The molecular weight excluding hydrogens is 390 g/mol. The van der Waals surface area contributed by atoms with Gasteiger partial charge in [0.15, 0.2) is 22.5 Å². The molecule has 0 radical (unpaired) electrons. The van der Waals surface area contributed by atoms with Gasteiger partial charge in [-0.3, -0.25) is 9.78 Å². The summed E-state index contributed by atoms with van der Waals surface area (Å²) < 4.78 is 12.4. The maximum absolute atomic E-state index is 12.6. The number of pyridine rings is 1. The van der Waals surface area contributed by atoms with Gasteiger partial charge in [-0.25, -0.2) is 0 Å². The number of hydrogen-bond acceptors (Lipinski definition) is 7. The Morgan fingerprint density at radius 1 is 1.10 bits per heavy atom. The van der Waals surface area contributed by atoms with Gasteiger partial charge in [-0.05, 0) is 29.8 Å². The summed E-state index contributed by atoms with van der Waals surface area (Å²) in [5, 5.41) is 9.11. The Balaban J connectivity index is 1.60. The van der Waals surface area contributed by atoms with Gasteiger partial charge in [0.1, 0.15) is 0 Å². The van der Waals surface area contributed by atoms with Gasteiger partial charge in [0.25, 0.3) is 0 Å². The topological polar surface area (TPSA) is 82.4 Å². The highest BCUT2D eigenvalue weighted by Gasteiger charge is 2.16. The molecule has 0 N–H and O–H groups in total. The first-order valence-corrected chi connectivity index (χ1v) is 9.89. The molecule has 3 rings (SSSR count). The van der Waals surface area contributed by atoms with Crippen LogP contribution >= 0.6 is 11.8 Å². The zero-order valence-corrected chi connectivity index (χ0v) is 17.6. The summed E-state index contributed by atoms with van der Waals surface area (Å²) in [6, 6.07) is 9.38. The maximum Gasteiger partial charge on any atom is 0.233 e. The van der Waals surface area contributed by atoms with Crippen molar-refractivity contribution in [3.05, 3.63) is 48.3 Å². The summed E-state index contributed by atoms with van der Waals surface area (Å²) in [5.41, 5.74) is 1.89. The molecule has 29 heavy (non-hydrogen) atoms. The Hall–Kier alpha value is -3.07. The minimum Gasteiger partial charge on any atom is -0.493 e. The molecule has 0 fully saturated rings. The highest BCUT2D eigenvalue weighted by Crippen LogP contribution is 2.28. The number of ether oxygens (including phenoxy) is 2. The molecule has 0 saturated carbocycles. The maximum atomic E-state index is 12.6. The van der Waals surface area contributed by atoms with E-state index in [-0.39, 0.29) is 11.7 Å². The van der Waals surface area contributed by atoms with Crippen LogP contribution in [0.5, 0.6) is 11.5 Å². The second-order valence-electron chi connectivity index (χ2n) is 6.33. The van der Waals surface area contributed by atoms with E-state index in [9.17, 15) is 4.79 Å². The van der Waals surface area contributed by atoms with Gasteiger partial charge < -0.3 is 18.9 Å². The van der Waals surface area contributed by atoms with Gasteiger partial charge in [-0.1, -0.05) is 17.8 Å². The van der Waals surface area contributed by atoms with Crippen LogP contribution in [0.15, 0.2) is 47.9 Å². The molecule has 0 aliphatic rings. The zero-order valence-electron chi connectivity index (χ0n) is 16.8. The van der Waals surface area contributed by atoms with Crippen molar-refractivity contribution in [1.29, 1.82) is 0 Å². The molecule has 0 bridgehead atoms. The third kappa shape index (κ3) is 4.86. The molecule has 2 aromatic heterocycles. The van der Waals surface area contributed by atoms with Crippen molar-refractivity contribution in [2.24, 2.45) is 7.05 Å². The molecule has 1 amide bonds. The molecule has 1 aromatic carbocycles. The third-order valence-electron chi connectivity index (χ3n) is 4.39. The highest BCUT2D eigenvalue weighted by molar-refractivity contribution is 7.99. The number of aromatic nitrogens is 4. The SMILES string of the molecule is COc1ccc(CN(C)C(=O)CSc2nnc(-c3ccncc3)n2C)cc1OC. The number of nitrogens with zero attached hydrogens (tertiary/aromatic N) is 5. The number of carbonyl (C=O) groups is 1. The predicted octanol–water partition coefficient (Wildman–Crippen LogP) is 2.65. The van der Waals surface area contributed by atoms with E-state index in [2.05, 4.69) is 15.2 Å². The lowest BCUT2D eigenvalue weighted by Crippen LogP contribution is -2.27. The summed E-state index contributed by atoms with van der Waals surface area (Å²) in [7, 11) is 6.85. The molecule has 152 valence electrons. The van der Waals surface area contributed by atoms with Crippen LogP contribution in [0.25, 0.3) is 11.4 Å². The smallest absolute Gasteiger partial charge is 0.233 e.